The molecule has 4 aliphatic rings. The first kappa shape index (κ1) is 27.6. The van der Waals surface area contributed by atoms with Gasteiger partial charge in [0.15, 0.2) is 0 Å². The lowest BCUT2D eigenvalue weighted by Crippen LogP contribution is -2.67. The highest BCUT2D eigenvalue weighted by atomic mass is 32.2. The molecule has 2 nitrogen and oxygen atoms in total. The van der Waals surface area contributed by atoms with Gasteiger partial charge >= 0.3 is 6.85 Å². The maximum Gasteiger partial charge on any atom is 0.333 e. The maximum atomic E-state index is 2.66. The van der Waals surface area contributed by atoms with Gasteiger partial charge in [0.2, 0.25) is 0 Å². The lowest BCUT2D eigenvalue weighted by Gasteiger charge is -2.50. The fourth-order valence-electron chi connectivity index (χ4n) is 9.05. The van der Waals surface area contributed by atoms with Crippen molar-refractivity contribution in [3.63, 3.8) is 0 Å². The third-order valence-electron chi connectivity index (χ3n) is 11.3. The summed E-state index contributed by atoms with van der Waals surface area (Å²) in [6.45, 7) is 12.2. The highest BCUT2D eigenvalue weighted by Gasteiger charge is 2.50. The SMILES string of the molecule is Cc1cc2c3c(c1)N1c4ccccc4[Si](C)(C)c4cccc(c41)B3N(c1ccccc1)c1cc3c(cc1-2)C(C)(C)c1ccccc1S3. The van der Waals surface area contributed by atoms with Crippen LogP contribution in [0.2, 0.25) is 13.1 Å². The number of anilines is 5. The summed E-state index contributed by atoms with van der Waals surface area (Å²) in [5.41, 5.74) is 16.1. The van der Waals surface area contributed by atoms with E-state index in [1.807, 2.05) is 11.8 Å². The Balaban J connectivity index is 1.33. The van der Waals surface area contributed by atoms with Gasteiger partial charge in [0.25, 0.3) is 0 Å². The van der Waals surface area contributed by atoms with E-state index in [1.165, 1.54) is 87.3 Å². The molecule has 6 aromatic rings. The van der Waals surface area contributed by atoms with Crippen molar-refractivity contribution in [2.45, 2.75) is 49.1 Å². The minimum Gasteiger partial charge on any atom is -0.376 e. The van der Waals surface area contributed by atoms with Crippen LogP contribution in [0.1, 0.15) is 30.5 Å². The second-order valence-corrected chi connectivity index (χ2v) is 20.1. The van der Waals surface area contributed by atoms with Crippen LogP contribution in [0.15, 0.2) is 131 Å². The summed E-state index contributed by atoms with van der Waals surface area (Å²) in [6.07, 6.45) is 0. The highest BCUT2D eigenvalue weighted by Crippen LogP contribution is 2.54. The zero-order valence-corrected chi connectivity index (χ0v) is 29.2. The van der Waals surface area contributed by atoms with Crippen molar-refractivity contribution in [2.75, 3.05) is 9.71 Å². The molecule has 0 radical (unpaired) electrons. The number of aryl methyl sites for hydroxylation is 1. The zero-order valence-electron chi connectivity index (χ0n) is 27.4. The molecule has 10 rings (SSSR count). The van der Waals surface area contributed by atoms with Gasteiger partial charge in [-0.2, -0.15) is 0 Å². The van der Waals surface area contributed by atoms with E-state index in [0.717, 1.165) is 0 Å². The fraction of sp³-hybridized carbons (Fsp3) is 0.143. The van der Waals surface area contributed by atoms with Gasteiger partial charge in [-0.1, -0.05) is 118 Å². The first-order valence-corrected chi connectivity index (χ1v) is 20.5. The van der Waals surface area contributed by atoms with Crippen LogP contribution in [0.3, 0.4) is 0 Å². The molecule has 0 spiro atoms. The van der Waals surface area contributed by atoms with Crippen molar-refractivity contribution < 1.29 is 0 Å². The summed E-state index contributed by atoms with van der Waals surface area (Å²) in [7, 11) is -1.97. The van der Waals surface area contributed by atoms with Crippen molar-refractivity contribution >= 4 is 76.4 Å². The van der Waals surface area contributed by atoms with Crippen LogP contribution in [0.4, 0.5) is 28.4 Å². The third kappa shape index (κ3) is 3.54. The predicted molar refractivity (Wildman–Crippen MR) is 204 cm³/mol. The van der Waals surface area contributed by atoms with E-state index in [2.05, 4.69) is 165 Å². The third-order valence-corrected chi connectivity index (χ3v) is 15.9. The normalized spacial score (nSPS) is 16.7. The van der Waals surface area contributed by atoms with Crippen molar-refractivity contribution in [3.8, 4) is 11.1 Å². The average molecular weight is 639 g/mol. The molecule has 0 unspecified atom stereocenters. The molecule has 0 amide bonds. The first-order chi connectivity index (χ1) is 22.7. The van der Waals surface area contributed by atoms with Crippen molar-refractivity contribution in [2.24, 2.45) is 0 Å². The van der Waals surface area contributed by atoms with Gasteiger partial charge in [0.05, 0.1) is 0 Å². The molecule has 0 saturated carbocycles. The molecule has 47 heavy (non-hydrogen) atoms. The number of fused-ring (bicyclic) bond motifs is 8. The van der Waals surface area contributed by atoms with E-state index in [0.29, 0.717) is 0 Å². The van der Waals surface area contributed by atoms with Gasteiger partial charge in [-0.25, -0.2) is 0 Å². The predicted octanol–water partition coefficient (Wildman–Crippen LogP) is 8.63. The van der Waals surface area contributed by atoms with Crippen LogP contribution in [-0.2, 0) is 5.41 Å². The second kappa shape index (κ2) is 9.34. The van der Waals surface area contributed by atoms with Crippen LogP contribution >= 0.6 is 11.8 Å². The Morgan fingerprint density at radius 3 is 2.23 bits per heavy atom. The summed E-state index contributed by atoms with van der Waals surface area (Å²) in [6, 6.07) is 46.4. The molecule has 0 bridgehead atoms. The van der Waals surface area contributed by atoms with Crippen molar-refractivity contribution in [1.82, 2.24) is 0 Å². The van der Waals surface area contributed by atoms with Crippen LogP contribution < -0.4 is 31.0 Å². The zero-order chi connectivity index (χ0) is 31.8. The first-order valence-electron chi connectivity index (χ1n) is 16.7. The van der Waals surface area contributed by atoms with E-state index in [9.17, 15) is 0 Å². The van der Waals surface area contributed by atoms with Gasteiger partial charge in [-0.15, -0.1) is 0 Å². The number of hydrogen-bond donors (Lipinski definition) is 0. The molecule has 0 aliphatic carbocycles. The highest BCUT2D eigenvalue weighted by molar-refractivity contribution is 7.99. The van der Waals surface area contributed by atoms with Gasteiger partial charge in [-0.05, 0) is 92.9 Å². The summed E-state index contributed by atoms with van der Waals surface area (Å²) in [4.78, 5) is 8.01. The number of hydrogen-bond acceptors (Lipinski definition) is 3. The van der Waals surface area contributed by atoms with Gasteiger partial charge in [-0.3, -0.25) is 0 Å². The second-order valence-electron chi connectivity index (χ2n) is 14.7. The maximum absolute atomic E-state index is 2.66. The molecule has 0 saturated heterocycles. The molecule has 0 aromatic heterocycles. The smallest absolute Gasteiger partial charge is 0.333 e. The van der Waals surface area contributed by atoms with Crippen LogP contribution in [0.25, 0.3) is 11.1 Å². The number of rotatable bonds is 1. The standard InChI is InChI=1S/C42H35BN2SSi/c1-26-22-29-28-24-31-37(46-36-19-11-9-16-30(36)42(31,2)3)25-34(28)45(27-14-7-6-8-15-27)43-32-17-13-21-39-41(32)44(35(23-26)40(29)43)33-18-10-12-20-38(33)47(39,4)5/h6-25H,1-5H3. The van der Waals surface area contributed by atoms with Crippen LogP contribution in [0, 0.1) is 6.92 Å². The van der Waals surface area contributed by atoms with E-state index >= 15 is 0 Å². The topological polar surface area (TPSA) is 6.48 Å². The molecular weight excluding hydrogens is 603 g/mol. The monoisotopic (exact) mass is 638 g/mol. The minimum atomic E-state index is -1.97. The van der Waals surface area contributed by atoms with Gasteiger partial charge in [0, 0.05) is 49.2 Å². The quantitative estimate of drug-likeness (QED) is 0.167. The van der Waals surface area contributed by atoms with Crippen LogP contribution in [-0.4, -0.2) is 14.9 Å². The summed E-state index contributed by atoms with van der Waals surface area (Å²) >= 11 is 1.93. The van der Waals surface area contributed by atoms with Crippen LogP contribution in [0.5, 0.6) is 0 Å². The Labute approximate surface area is 283 Å². The lowest BCUT2D eigenvalue weighted by molar-refractivity contribution is 0.607. The summed E-state index contributed by atoms with van der Waals surface area (Å²) < 4.78 is 0. The van der Waals surface area contributed by atoms with E-state index < -0.39 is 8.07 Å². The summed E-state index contributed by atoms with van der Waals surface area (Å²) in [5, 5.41) is 3.04. The summed E-state index contributed by atoms with van der Waals surface area (Å²) in [5.74, 6) is 0. The fourth-order valence-corrected chi connectivity index (χ4v) is 13.5. The molecule has 0 fully saturated rings. The average Bonchev–Trinajstić information content (AvgIpc) is 3.07. The van der Waals surface area contributed by atoms with E-state index in [4.69, 9.17) is 0 Å². The molecular formula is C42H35BN2SSi. The molecule has 0 N–H and O–H groups in total. The minimum absolute atomic E-state index is 0.0590. The number of nitrogens with zero attached hydrogens (tertiary/aromatic N) is 2. The molecule has 4 aliphatic heterocycles. The van der Waals surface area contributed by atoms with E-state index in [-0.39, 0.29) is 12.3 Å². The van der Waals surface area contributed by atoms with Gasteiger partial charge in [0.1, 0.15) is 8.07 Å². The molecule has 6 aromatic carbocycles. The molecule has 0 atom stereocenters. The largest absolute Gasteiger partial charge is 0.376 e. The molecule has 4 heterocycles. The van der Waals surface area contributed by atoms with Crippen molar-refractivity contribution in [3.05, 3.63) is 138 Å². The Bertz CT molecular complexity index is 2330. The molecule has 226 valence electrons. The van der Waals surface area contributed by atoms with E-state index in [1.54, 1.807) is 0 Å². The Morgan fingerprint density at radius 2 is 1.38 bits per heavy atom. The number of benzene rings is 6. The van der Waals surface area contributed by atoms with Gasteiger partial charge < -0.3 is 9.71 Å². The Hall–Kier alpha value is -4.45. The Morgan fingerprint density at radius 1 is 0.638 bits per heavy atom. The molecule has 5 heteroatoms. The lowest BCUT2D eigenvalue weighted by atomic mass is 9.43. The Kier molecular flexibility index (Phi) is 5.49. The van der Waals surface area contributed by atoms with Crippen molar-refractivity contribution in [1.29, 1.82) is 0 Å². The number of para-hydroxylation sites is 3.